The molecule has 1 heterocycles. The smallest absolute Gasteiger partial charge is 0.203 e. The largest absolute Gasteiger partial charge is 0.494 e. The van der Waals surface area contributed by atoms with Crippen molar-refractivity contribution in [2.75, 3.05) is 18.5 Å². The number of imidazole rings is 1. The fourth-order valence-electron chi connectivity index (χ4n) is 2.64. The van der Waals surface area contributed by atoms with Crippen LogP contribution in [0.15, 0.2) is 66.9 Å². The fraction of sp³-hybridized carbons (Fsp3) is 0.190. The van der Waals surface area contributed by atoms with Crippen molar-refractivity contribution in [3.63, 3.8) is 0 Å². The van der Waals surface area contributed by atoms with Crippen molar-refractivity contribution in [3.05, 3.63) is 72.4 Å². The van der Waals surface area contributed by atoms with Gasteiger partial charge in [-0.15, -0.1) is 0 Å². The lowest BCUT2D eigenvalue weighted by Crippen LogP contribution is -2.05. The van der Waals surface area contributed by atoms with E-state index in [1.54, 1.807) is 0 Å². The highest BCUT2D eigenvalue weighted by atomic mass is 16.5. The predicted octanol–water partition coefficient (Wildman–Crippen LogP) is 4.61. The van der Waals surface area contributed by atoms with Gasteiger partial charge < -0.3 is 14.6 Å². The van der Waals surface area contributed by atoms with Gasteiger partial charge >= 0.3 is 0 Å². The standard InChI is InChI=1S/C21H23N3O/c1-3-25-19-13-11-18(12-14-19)20-16-23-21(24(20)2)22-15-7-10-17-8-5-4-6-9-17/h4-14,16H,3,15H2,1-2H3,(H,22,23). The summed E-state index contributed by atoms with van der Waals surface area (Å²) in [7, 11) is 2.02. The third-order valence-corrected chi connectivity index (χ3v) is 3.94. The number of rotatable bonds is 7. The number of hydrogen-bond donors (Lipinski definition) is 1. The van der Waals surface area contributed by atoms with Gasteiger partial charge in [0, 0.05) is 19.2 Å². The molecule has 3 aromatic rings. The zero-order chi connectivity index (χ0) is 17.5. The van der Waals surface area contributed by atoms with Crippen molar-refractivity contribution < 1.29 is 4.74 Å². The Bertz CT molecular complexity index is 820. The van der Waals surface area contributed by atoms with Gasteiger partial charge in [-0.05, 0) is 36.8 Å². The maximum Gasteiger partial charge on any atom is 0.203 e. The Morgan fingerprint density at radius 3 is 2.56 bits per heavy atom. The molecule has 0 radical (unpaired) electrons. The maximum absolute atomic E-state index is 5.49. The van der Waals surface area contributed by atoms with Crippen molar-refractivity contribution in [2.24, 2.45) is 7.05 Å². The summed E-state index contributed by atoms with van der Waals surface area (Å²) in [4.78, 5) is 4.48. The highest BCUT2D eigenvalue weighted by Gasteiger charge is 2.07. The second kappa shape index (κ2) is 8.20. The molecule has 25 heavy (non-hydrogen) atoms. The molecule has 0 atom stereocenters. The number of ether oxygens (including phenoxy) is 1. The molecule has 0 fully saturated rings. The summed E-state index contributed by atoms with van der Waals surface area (Å²) in [5.74, 6) is 1.74. The maximum atomic E-state index is 5.49. The van der Waals surface area contributed by atoms with Crippen LogP contribution in [0.5, 0.6) is 5.75 Å². The Morgan fingerprint density at radius 1 is 1.08 bits per heavy atom. The minimum Gasteiger partial charge on any atom is -0.494 e. The molecule has 0 saturated carbocycles. The van der Waals surface area contributed by atoms with Gasteiger partial charge in [0.05, 0.1) is 18.5 Å². The number of benzene rings is 2. The van der Waals surface area contributed by atoms with Crippen LogP contribution in [0.1, 0.15) is 12.5 Å². The summed E-state index contributed by atoms with van der Waals surface area (Å²) in [5, 5.41) is 3.35. The summed E-state index contributed by atoms with van der Waals surface area (Å²) < 4.78 is 7.55. The first-order valence-corrected chi connectivity index (χ1v) is 8.48. The molecule has 0 bridgehead atoms. The van der Waals surface area contributed by atoms with Gasteiger partial charge in [0.2, 0.25) is 5.95 Å². The van der Waals surface area contributed by atoms with Crippen LogP contribution >= 0.6 is 0 Å². The third-order valence-electron chi connectivity index (χ3n) is 3.94. The van der Waals surface area contributed by atoms with E-state index in [4.69, 9.17) is 4.74 Å². The number of nitrogens with zero attached hydrogens (tertiary/aromatic N) is 2. The molecule has 4 heteroatoms. The van der Waals surface area contributed by atoms with E-state index in [1.807, 2.05) is 50.5 Å². The van der Waals surface area contributed by atoms with Gasteiger partial charge in [-0.2, -0.15) is 0 Å². The second-order valence-corrected chi connectivity index (χ2v) is 5.68. The van der Waals surface area contributed by atoms with Gasteiger partial charge in [-0.25, -0.2) is 4.98 Å². The monoisotopic (exact) mass is 333 g/mol. The van der Waals surface area contributed by atoms with Crippen LogP contribution in [0.2, 0.25) is 0 Å². The molecule has 0 amide bonds. The Morgan fingerprint density at radius 2 is 1.84 bits per heavy atom. The molecule has 0 spiro atoms. The molecule has 0 saturated heterocycles. The van der Waals surface area contributed by atoms with E-state index >= 15 is 0 Å². The van der Waals surface area contributed by atoms with E-state index < -0.39 is 0 Å². The zero-order valence-electron chi connectivity index (χ0n) is 14.6. The van der Waals surface area contributed by atoms with Crippen molar-refractivity contribution in [3.8, 4) is 17.0 Å². The molecule has 2 aromatic carbocycles. The molecule has 128 valence electrons. The first-order chi connectivity index (χ1) is 12.3. The summed E-state index contributed by atoms with van der Waals surface area (Å²) in [6.45, 7) is 3.39. The van der Waals surface area contributed by atoms with Crippen LogP contribution in [0.25, 0.3) is 17.3 Å². The number of anilines is 1. The molecule has 0 aliphatic heterocycles. The second-order valence-electron chi connectivity index (χ2n) is 5.68. The minimum atomic E-state index is 0.676. The molecule has 0 aliphatic carbocycles. The van der Waals surface area contributed by atoms with Gasteiger partial charge in [0.25, 0.3) is 0 Å². The van der Waals surface area contributed by atoms with Crippen molar-refractivity contribution in [1.29, 1.82) is 0 Å². The lowest BCUT2D eigenvalue weighted by Gasteiger charge is -2.08. The Kier molecular flexibility index (Phi) is 5.52. The summed E-state index contributed by atoms with van der Waals surface area (Å²) in [6, 6.07) is 18.4. The number of hydrogen-bond acceptors (Lipinski definition) is 3. The van der Waals surface area contributed by atoms with E-state index in [9.17, 15) is 0 Å². The first-order valence-electron chi connectivity index (χ1n) is 8.48. The van der Waals surface area contributed by atoms with E-state index in [1.165, 1.54) is 5.56 Å². The Hall–Kier alpha value is -3.01. The highest BCUT2D eigenvalue weighted by Crippen LogP contribution is 2.24. The summed E-state index contributed by atoms with van der Waals surface area (Å²) in [5.41, 5.74) is 3.38. The summed E-state index contributed by atoms with van der Waals surface area (Å²) >= 11 is 0. The molecule has 0 unspecified atom stereocenters. The lowest BCUT2D eigenvalue weighted by atomic mass is 10.1. The number of aromatic nitrogens is 2. The molecular formula is C21H23N3O. The lowest BCUT2D eigenvalue weighted by molar-refractivity contribution is 0.340. The third kappa shape index (κ3) is 4.29. The highest BCUT2D eigenvalue weighted by molar-refractivity contribution is 5.62. The van der Waals surface area contributed by atoms with Crippen molar-refractivity contribution in [2.45, 2.75) is 6.92 Å². The van der Waals surface area contributed by atoms with E-state index in [2.05, 4.69) is 51.3 Å². The Balaban J connectivity index is 1.63. The minimum absolute atomic E-state index is 0.676. The van der Waals surface area contributed by atoms with Crippen LogP contribution < -0.4 is 10.1 Å². The topological polar surface area (TPSA) is 39.1 Å². The molecule has 1 aromatic heterocycles. The molecular weight excluding hydrogens is 310 g/mol. The van der Waals surface area contributed by atoms with Crippen molar-refractivity contribution in [1.82, 2.24) is 9.55 Å². The van der Waals surface area contributed by atoms with Crippen LogP contribution in [-0.2, 0) is 7.05 Å². The molecule has 4 nitrogen and oxygen atoms in total. The predicted molar refractivity (Wildman–Crippen MR) is 104 cm³/mol. The van der Waals surface area contributed by atoms with Crippen LogP contribution in [0, 0.1) is 0 Å². The first kappa shape index (κ1) is 16.8. The zero-order valence-corrected chi connectivity index (χ0v) is 14.6. The average Bonchev–Trinajstić information content (AvgIpc) is 3.01. The SMILES string of the molecule is CCOc1ccc(-c2cnc(NCC=Cc3ccccc3)n2C)cc1. The molecule has 3 rings (SSSR count). The number of nitrogens with one attached hydrogen (secondary N) is 1. The fourth-order valence-corrected chi connectivity index (χ4v) is 2.64. The average molecular weight is 333 g/mol. The van der Waals surface area contributed by atoms with Gasteiger partial charge in [0.15, 0.2) is 0 Å². The van der Waals surface area contributed by atoms with Crippen LogP contribution in [-0.4, -0.2) is 22.7 Å². The van der Waals surface area contributed by atoms with Gasteiger partial charge in [-0.3, -0.25) is 0 Å². The van der Waals surface area contributed by atoms with E-state index in [0.717, 1.165) is 29.5 Å². The molecule has 1 N–H and O–H groups in total. The van der Waals surface area contributed by atoms with E-state index in [-0.39, 0.29) is 0 Å². The van der Waals surface area contributed by atoms with Crippen molar-refractivity contribution >= 4 is 12.0 Å². The normalized spacial score (nSPS) is 11.0. The van der Waals surface area contributed by atoms with Crippen LogP contribution in [0.4, 0.5) is 5.95 Å². The van der Waals surface area contributed by atoms with E-state index in [0.29, 0.717) is 6.61 Å². The Labute approximate surface area is 148 Å². The molecule has 0 aliphatic rings. The van der Waals surface area contributed by atoms with Gasteiger partial charge in [-0.1, -0.05) is 42.5 Å². The quantitative estimate of drug-likeness (QED) is 0.686. The summed E-state index contributed by atoms with van der Waals surface area (Å²) in [6.07, 6.45) is 6.09. The van der Waals surface area contributed by atoms with Crippen LogP contribution in [0.3, 0.4) is 0 Å². The van der Waals surface area contributed by atoms with Gasteiger partial charge in [0.1, 0.15) is 5.75 Å².